The first-order valence-electron chi connectivity index (χ1n) is 11.6. The van der Waals surface area contributed by atoms with Gasteiger partial charge in [0.15, 0.2) is 11.6 Å². The van der Waals surface area contributed by atoms with Gasteiger partial charge in [0.25, 0.3) is 0 Å². The molecule has 3 rings (SSSR count). The van der Waals surface area contributed by atoms with Crippen LogP contribution in [0.4, 0.5) is 13.6 Å². The Kier molecular flexibility index (Phi) is 8.34. The van der Waals surface area contributed by atoms with Gasteiger partial charge in [-0.3, -0.25) is 0 Å². The van der Waals surface area contributed by atoms with Crippen molar-refractivity contribution in [2.45, 2.75) is 45.1 Å². The Balaban J connectivity index is 1.68. The van der Waals surface area contributed by atoms with Crippen molar-refractivity contribution in [2.75, 3.05) is 14.1 Å². The van der Waals surface area contributed by atoms with Crippen LogP contribution in [0.5, 0.6) is 11.5 Å². The predicted octanol–water partition coefficient (Wildman–Crippen LogP) is 4.37. The van der Waals surface area contributed by atoms with E-state index in [1.807, 2.05) is 0 Å². The quantitative estimate of drug-likeness (QED) is 0.368. The standard InChI is InChI=1S/C26H31F2N2O5/c1-16(29)25(32)34-19-9-11-20(12-10-19)35-26(33)30(2,3)24(31)21-7-5-4-6-18(21)14-17-8-13-22(27)23(28)15-17/h8-13,15-16,18,21H,4-7,14,29H2,1-3H3/q+1/t16-,18-,21+/m0/s1. The first-order chi connectivity index (χ1) is 16.5. The molecule has 2 aromatic rings. The number of hydrogen-bond donors (Lipinski definition) is 1. The minimum atomic E-state index is -0.917. The largest absolute Gasteiger partial charge is 0.528 e. The third-order valence-corrected chi connectivity index (χ3v) is 6.33. The number of hydrogen-bond acceptors (Lipinski definition) is 6. The van der Waals surface area contributed by atoms with Crippen LogP contribution in [0, 0.1) is 23.5 Å². The summed E-state index contributed by atoms with van der Waals surface area (Å²) in [6.07, 6.45) is 2.81. The molecule has 0 bridgehead atoms. The van der Waals surface area contributed by atoms with E-state index >= 15 is 0 Å². The van der Waals surface area contributed by atoms with Gasteiger partial charge in [-0.15, -0.1) is 0 Å². The van der Waals surface area contributed by atoms with Gasteiger partial charge >= 0.3 is 18.0 Å². The summed E-state index contributed by atoms with van der Waals surface area (Å²) in [4.78, 5) is 38.0. The maximum atomic E-state index is 13.7. The lowest BCUT2D eigenvalue weighted by Gasteiger charge is -2.34. The second-order valence-corrected chi connectivity index (χ2v) is 9.44. The van der Waals surface area contributed by atoms with Crippen LogP contribution in [0.3, 0.4) is 0 Å². The number of amides is 2. The maximum absolute atomic E-state index is 13.7. The van der Waals surface area contributed by atoms with Crippen molar-refractivity contribution >= 4 is 18.0 Å². The summed E-state index contributed by atoms with van der Waals surface area (Å²) < 4.78 is 36.9. The number of halogens is 2. The number of nitrogens with two attached hydrogens (primary N) is 1. The van der Waals surface area contributed by atoms with E-state index in [1.165, 1.54) is 51.4 Å². The Labute approximate surface area is 203 Å². The third-order valence-electron chi connectivity index (χ3n) is 6.33. The molecule has 35 heavy (non-hydrogen) atoms. The topological polar surface area (TPSA) is 95.7 Å². The van der Waals surface area contributed by atoms with Crippen LogP contribution in [0.2, 0.25) is 0 Å². The molecule has 0 spiro atoms. The van der Waals surface area contributed by atoms with Crippen LogP contribution in [-0.2, 0) is 16.0 Å². The number of benzene rings is 2. The predicted molar refractivity (Wildman–Crippen MR) is 124 cm³/mol. The molecule has 0 unspecified atom stereocenters. The lowest BCUT2D eigenvalue weighted by Crippen LogP contribution is -2.56. The van der Waals surface area contributed by atoms with Gasteiger partial charge in [0, 0.05) is 0 Å². The highest BCUT2D eigenvalue weighted by atomic mass is 19.2. The Morgan fingerprint density at radius 1 is 0.971 bits per heavy atom. The molecule has 1 aliphatic carbocycles. The highest BCUT2D eigenvalue weighted by Crippen LogP contribution is 2.35. The van der Waals surface area contributed by atoms with E-state index in [0.29, 0.717) is 18.4 Å². The lowest BCUT2D eigenvalue weighted by atomic mass is 9.75. The normalized spacial score (nSPS) is 19.0. The van der Waals surface area contributed by atoms with Crippen molar-refractivity contribution < 1.29 is 37.1 Å². The fourth-order valence-corrected chi connectivity index (χ4v) is 4.25. The number of imide groups is 1. The van der Waals surface area contributed by atoms with Crippen LogP contribution >= 0.6 is 0 Å². The molecule has 2 N–H and O–H groups in total. The van der Waals surface area contributed by atoms with Crippen molar-refractivity contribution in [1.82, 2.24) is 0 Å². The summed E-state index contributed by atoms with van der Waals surface area (Å²) in [6.45, 7) is 1.50. The molecule has 0 radical (unpaired) electrons. The van der Waals surface area contributed by atoms with Crippen LogP contribution in [0.15, 0.2) is 42.5 Å². The minimum absolute atomic E-state index is 0.0924. The molecule has 0 aromatic heterocycles. The molecule has 1 aliphatic rings. The highest BCUT2D eigenvalue weighted by Gasteiger charge is 2.46. The summed E-state index contributed by atoms with van der Waals surface area (Å²) >= 11 is 0. The zero-order chi connectivity index (χ0) is 25.8. The summed E-state index contributed by atoms with van der Waals surface area (Å²) in [5.41, 5.74) is 6.09. The lowest BCUT2D eigenvalue weighted by molar-refractivity contribution is -0.738. The van der Waals surface area contributed by atoms with E-state index in [0.717, 1.165) is 31.4 Å². The molecule has 2 aromatic carbocycles. The van der Waals surface area contributed by atoms with E-state index < -0.39 is 40.1 Å². The van der Waals surface area contributed by atoms with E-state index in [1.54, 1.807) is 0 Å². The fourth-order valence-electron chi connectivity index (χ4n) is 4.25. The zero-order valence-corrected chi connectivity index (χ0v) is 20.1. The molecule has 7 nitrogen and oxygen atoms in total. The third kappa shape index (κ3) is 6.49. The average Bonchev–Trinajstić information content (AvgIpc) is 2.82. The molecular weight excluding hydrogens is 458 g/mol. The summed E-state index contributed by atoms with van der Waals surface area (Å²) in [5.74, 6) is -2.78. The second kappa shape index (κ2) is 11.0. The first-order valence-corrected chi connectivity index (χ1v) is 11.6. The van der Waals surface area contributed by atoms with Gasteiger partial charge < -0.3 is 15.2 Å². The van der Waals surface area contributed by atoms with Gasteiger partial charge in [-0.05, 0) is 74.1 Å². The SMILES string of the molecule is C[C@H](N)C(=O)Oc1ccc(OC(=O)[N+](C)(C)C(=O)[C@@H]2CCCC[C@H]2Cc2ccc(F)c(F)c2)cc1. The van der Waals surface area contributed by atoms with Crippen molar-refractivity contribution in [3.63, 3.8) is 0 Å². The number of rotatable bonds is 6. The maximum Gasteiger partial charge on any atom is 0.528 e. The monoisotopic (exact) mass is 489 g/mol. The molecule has 9 heteroatoms. The smallest absolute Gasteiger partial charge is 0.425 e. The van der Waals surface area contributed by atoms with E-state index in [4.69, 9.17) is 15.2 Å². The molecule has 0 aliphatic heterocycles. The van der Waals surface area contributed by atoms with Gasteiger partial charge in [-0.25, -0.2) is 18.4 Å². The number of carbonyl (C=O) groups is 3. The first kappa shape index (κ1) is 26.4. The molecule has 1 saturated carbocycles. The molecule has 188 valence electrons. The van der Waals surface area contributed by atoms with Crippen LogP contribution in [0.25, 0.3) is 0 Å². The molecule has 0 saturated heterocycles. The van der Waals surface area contributed by atoms with Crippen LogP contribution in [-0.4, -0.2) is 42.6 Å². The number of ether oxygens (including phenoxy) is 2. The van der Waals surface area contributed by atoms with Crippen LogP contribution in [0.1, 0.15) is 38.2 Å². The minimum Gasteiger partial charge on any atom is -0.425 e. The summed E-state index contributed by atoms with van der Waals surface area (Å²) in [6, 6.07) is 8.84. The number of quaternary nitrogens is 1. The van der Waals surface area contributed by atoms with E-state index in [9.17, 15) is 23.2 Å². The van der Waals surface area contributed by atoms with E-state index in [2.05, 4.69) is 0 Å². The van der Waals surface area contributed by atoms with Crippen molar-refractivity contribution in [3.05, 3.63) is 59.7 Å². The second-order valence-electron chi connectivity index (χ2n) is 9.44. The van der Waals surface area contributed by atoms with Gasteiger partial charge in [-0.1, -0.05) is 18.9 Å². The van der Waals surface area contributed by atoms with Crippen molar-refractivity contribution in [1.29, 1.82) is 0 Å². The highest BCUT2D eigenvalue weighted by molar-refractivity contribution is 5.83. The summed E-state index contributed by atoms with van der Waals surface area (Å²) in [5, 5.41) is 0. The van der Waals surface area contributed by atoms with Crippen molar-refractivity contribution in [2.24, 2.45) is 17.6 Å². The zero-order valence-electron chi connectivity index (χ0n) is 20.1. The number of esters is 1. The van der Waals surface area contributed by atoms with E-state index in [-0.39, 0.29) is 23.3 Å². The van der Waals surface area contributed by atoms with Gasteiger partial charge in [0.1, 0.15) is 17.5 Å². The summed E-state index contributed by atoms with van der Waals surface area (Å²) in [7, 11) is 2.96. The Bertz CT molecular complexity index is 1090. The molecule has 0 heterocycles. The number of carbonyl (C=O) groups excluding carboxylic acids is 3. The van der Waals surface area contributed by atoms with Gasteiger partial charge in [0.05, 0.1) is 20.0 Å². The Morgan fingerprint density at radius 3 is 2.17 bits per heavy atom. The number of nitrogens with zero attached hydrogens (tertiary/aromatic N) is 1. The van der Waals surface area contributed by atoms with Crippen molar-refractivity contribution in [3.8, 4) is 11.5 Å². The molecule has 1 fully saturated rings. The van der Waals surface area contributed by atoms with Gasteiger partial charge in [0.2, 0.25) is 0 Å². The fraction of sp³-hybridized carbons (Fsp3) is 0.423. The average molecular weight is 490 g/mol. The molecular formula is C26H31F2N2O5+. The molecule has 3 atom stereocenters. The van der Waals surface area contributed by atoms with Gasteiger partial charge in [-0.2, -0.15) is 9.28 Å². The Morgan fingerprint density at radius 2 is 1.57 bits per heavy atom. The molecule has 2 amide bonds. The van der Waals surface area contributed by atoms with Crippen LogP contribution < -0.4 is 15.2 Å². The Hall–Kier alpha value is -3.17.